The summed E-state index contributed by atoms with van der Waals surface area (Å²) in [6, 6.07) is 12.0. The fourth-order valence-corrected chi connectivity index (χ4v) is 3.72. The first-order chi connectivity index (χ1) is 10.3. The van der Waals surface area contributed by atoms with E-state index in [4.69, 9.17) is 16.7 Å². The van der Waals surface area contributed by atoms with Crippen LogP contribution in [0.25, 0.3) is 0 Å². The van der Waals surface area contributed by atoms with E-state index in [-0.39, 0.29) is 10.6 Å². The first-order valence-corrected chi connectivity index (χ1v) is 8.67. The van der Waals surface area contributed by atoms with E-state index in [1.165, 1.54) is 36.4 Å². The van der Waals surface area contributed by atoms with Gasteiger partial charge in [-0.15, -0.1) is 0 Å². The van der Waals surface area contributed by atoms with Gasteiger partial charge >= 0.3 is 5.97 Å². The van der Waals surface area contributed by atoms with Gasteiger partial charge in [0.15, 0.2) is 0 Å². The molecule has 0 heterocycles. The van der Waals surface area contributed by atoms with Crippen molar-refractivity contribution in [3.05, 3.63) is 58.0 Å². The normalized spacial score (nSPS) is 11.2. The van der Waals surface area contributed by atoms with Crippen LogP contribution in [0.1, 0.15) is 0 Å². The van der Waals surface area contributed by atoms with Gasteiger partial charge in [0.1, 0.15) is 6.54 Å². The highest BCUT2D eigenvalue weighted by molar-refractivity contribution is 9.10. The summed E-state index contributed by atoms with van der Waals surface area (Å²) in [4.78, 5) is 11.0. The molecule has 8 heteroatoms. The van der Waals surface area contributed by atoms with E-state index in [1.54, 1.807) is 12.1 Å². The third kappa shape index (κ3) is 3.79. The Morgan fingerprint density at radius 2 is 1.82 bits per heavy atom. The number of hydrogen-bond donors (Lipinski definition) is 1. The molecule has 0 bridgehead atoms. The molecule has 1 N–H and O–H groups in total. The molecule has 0 aromatic heterocycles. The Balaban J connectivity index is 2.53. The Labute approximate surface area is 141 Å². The molecule has 5 nitrogen and oxygen atoms in total. The minimum Gasteiger partial charge on any atom is -0.480 e. The standard InChI is InChI=1S/C14H11BrClNO4S/c15-10-2-1-3-12(8-10)17(9-14(18)19)22(20,21)13-6-4-11(16)5-7-13/h1-8H,9H2,(H,18,19). The van der Waals surface area contributed by atoms with Crippen molar-refractivity contribution >= 4 is 49.2 Å². The molecule has 0 spiro atoms. The third-order valence-corrected chi connectivity index (χ3v) is 5.31. The minimum absolute atomic E-state index is 0.0295. The number of benzene rings is 2. The van der Waals surface area contributed by atoms with Crippen molar-refractivity contribution in [1.82, 2.24) is 0 Å². The van der Waals surface area contributed by atoms with Crippen LogP contribution in [0.4, 0.5) is 5.69 Å². The first-order valence-electron chi connectivity index (χ1n) is 6.06. The molecule has 0 saturated heterocycles. The van der Waals surface area contributed by atoms with Crippen LogP contribution in [-0.2, 0) is 14.8 Å². The monoisotopic (exact) mass is 403 g/mol. The fourth-order valence-electron chi connectivity index (χ4n) is 1.80. The number of hydrogen-bond acceptors (Lipinski definition) is 3. The second kappa shape index (κ2) is 6.68. The largest absolute Gasteiger partial charge is 0.480 e. The summed E-state index contributed by atoms with van der Waals surface area (Å²) in [6.07, 6.45) is 0. The van der Waals surface area contributed by atoms with Gasteiger partial charge < -0.3 is 5.11 Å². The molecule has 2 aromatic carbocycles. The van der Waals surface area contributed by atoms with Gasteiger partial charge in [-0.05, 0) is 42.5 Å². The van der Waals surface area contributed by atoms with Crippen LogP contribution in [0.2, 0.25) is 5.02 Å². The van der Waals surface area contributed by atoms with Crippen molar-refractivity contribution in [3.63, 3.8) is 0 Å². The second-order valence-electron chi connectivity index (χ2n) is 4.34. The highest BCUT2D eigenvalue weighted by atomic mass is 79.9. The molecule has 0 saturated carbocycles. The van der Waals surface area contributed by atoms with E-state index in [9.17, 15) is 13.2 Å². The van der Waals surface area contributed by atoms with Gasteiger partial charge in [-0.1, -0.05) is 33.6 Å². The predicted octanol–water partition coefficient (Wildman–Crippen LogP) is 3.38. The van der Waals surface area contributed by atoms with E-state index < -0.39 is 22.5 Å². The first kappa shape index (κ1) is 16.8. The Morgan fingerprint density at radius 3 is 2.36 bits per heavy atom. The zero-order chi connectivity index (χ0) is 16.3. The molecule has 2 aromatic rings. The third-order valence-electron chi connectivity index (χ3n) is 2.78. The molecule has 0 amide bonds. The average molecular weight is 405 g/mol. The van der Waals surface area contributed by atoms with Gasteiger partial charge in [-0.2, -0.15) is 0 Å². The SMILES string of the molecule is O=C(O)CN(c1cccc(Br)c1)S(=O)(=O)c1ccc(Cl)cc1. The van der Waals surface area contributed by atoms with Gasteiger partial charge in [0.2, 0.25) is 0 Å². The summed E-state index contributed by atoms with van der Waals surface area (Å²) < 4.78 is 26.9. The summed E-state index contributed by atoms with van der Waals surface area (Å²) in [5, 5.41) is 9.42. The summed E-state index contributed by atoms with van der Waals surface area (Å²) in [6.45, 7) is -0.679. The van der Waals surface area contributed by atoms with Gasteiger partial charge in [0.25, 0.3) is 10.0 Å². The Morgan fingerprint density at radius 1 is 1.18 bits per heavy atom. The van der Waals surface area contributed by atoms with Crippen molar-refractivity contribution in [2.75, 3.05) is 10.8 Å². The molecule has 0 atom stereocenters. The molecule has 0 unspecified atom stereocenters. The van der Waals surface area contributed by atoms with E-state index in [2.05, 4.69) is 15.9 Å². The summed E-state index contributed by atoms with van der Waals surface area (Å²) in [7, 11) is -4.01. The van der Waals surface area contributed by atoms with Crippen LogP contribution in [0.5, 0.6) is 0 Å². The number of aliphatic carboxylic acids is 1. The lowest BCUT2D eigenvalue weighted by Gasteiger charge is -2.23. The molecule has 0 aliphatic rings. The van der Waals surface area contributed by atoms with E-state index >= 15 is 0 Å². The number of anilines is 1. The number of carboxylic acids is 1. The lowest BCUT2D eigenvalue weighted by molar-refractivity contribution is -0.135. The number of halogens is 2. The van der Waals surface area contributed by atoms with Crippen LogP contribution >= 0.6 is 27.5 Å². The summed E-state index contributed by atoms with van der Waals surface area (Å²) in [5.41, 5.74) is 0.256. The van der Waals surface area contributed by atoms with Gasteiger partial charge in [-0.3, -0.25) is 9.10 Å². The fraction of sp³-hybridized carbons (Fsp3) is 0.0714. The van der Waals surface area contributed by atoms with Crippen LogP contribution < -0.4 is 4.31 Å². The average Bonchev–Trinajstić information content (AvgIpc) is 2.45. The zero-order valence-corrected chi connectivity index (χ0v) is 14.3. The maximum Gasteiger partial charge on any atom is 0.324 e. The Hall–Kier alpha value is -1.57. The van der Waals surface area contributed by atoms with Gasteiger partial charge in [0, 0.05) is 9.50 Å². The van der Waals surface area contributed by atoms with Gasteiger partial charge in [0.05, 0.1) is 10.6 Å². The van der Waals surface area contributed by atoms with Crippen molar-refractivity contribution in [2.24, 2.45) is 0 Å². The quantitative estimate of drug-likeness (QED) is 0.829. The highest BCUT2D eigenvalue weighted by Crippen LogP contribution is 2.26. The van der Waals surface area contributed by atoms with E-state index in [0.717, 1.165) is 4.31 Å². The lowest BCUT2D eigenvalue weighted by Crippen LogP contribution is -2.35. The zero-order valence-electron chi connectivity index (χ0n) is 11.1. The number of carboxylic acid groups (broad SMARTS) is 1. The summed E-state index contributed by atoms with van der Waals surface area (Å²) >= 11 is 9.00. The van der Waals surface area contributed by atoms with Crippen molar-refractivity contribution in [2.45, 2.75) is 4.90 Å². The predicted molar refractivity (Wildman–Crippen MR) is 87.8 cm³/mol. The Kier molecular flexibility index (Phi) is 5.10. The molecule has 0 radical (unpaired) electrons. The van der Waals surface area contributed by atoms with Crippen LogP contribution in [0.15, 0.2) is 57.9 Å². The molecule has 2 rings (SSSR count). The van der Waals surface area contributed by atoms with Crippen molar-refractivity contribution < 1.29 is 18.3 Å². The van der Waals surface area contributed by atoms with E-state index in [0.29, 0.717) is 9.50 Å². The van der Waals surface area contributed by atoms with Crippen molar-refractivity contribution in [3.8, 4) is 0 Å². The Bertz CT molecular complexity index is 793. The maximum atomic E-state index is 12.7. The molecule has 0 aliphatic heterocycles. The second-order valence-corrected chi connectivity index (χ2v) is 7.55. The smallest absolute Gasteiger partial charge is 0.324 e. The van der Waals surface area contributed by atoms with Crippen LogP contribution in [0, 0.1) is 0 Å². The van der Waals surface area contributed by atoms with Crippen LogP contribution in [0.3, 0.4) is 0 Å². The molecule has 0 aliphatic carbocycles. The van der Waals surface area contributed by atoms with Crippen molar-refractivity contribution in [1.29, 1.82) is 0 Å². The number of rotatable bonds is 5. The highest BCUT2D eigenvalue weighted by Gasteiger charge is 2.27. The number of sulfonamides is 1. The number of carbonyl (C=O) groups is 1. The molecule has 22 heavy (non-hydrogen) atoms. The lowest BCUT2D eigenvalue weighted by atomic mass is 10.3. The van der Waals surface area contributed by atoms with Gasteiger partial charge in [-0.25, -0.2) is 8.42 Å². The molecular formula is C14H11BrClNO4S. The number of nitrogens with zero attached hydrogens (tertiary/aromatic N) is 1. The van der Waals surface area contributed by atoms with Crippen LogP contribution in [-0.4, -0.2) is 26.0 Å². The topological polar surface area (TPSA) is 74.7 Å². The van der Waals surface area contributed by atoms with E-state index in [1.807, 2.05) is 0 Å². The molecule has 0 fully saturated rings. The minimum atomic E-state index is -4.01. The summed E-state index contributed by atoms with van der Waals surface area (Å²) in [5.74, 6) is -1.25. The maximum absolute atomic E-state index is 12.7. The molecular weight excluding hydrogens is 394 g/mol. The molecule has 116 valence electrons.